The number of anilines is 4. The van der Waals surface area contributed by atoms with Crippen LogP contribution in [-0.2, 0) is 6.42 Å². The lowest BCUT2D eigenvalue weighted by Crippen LogP contribution is -2.00. The van der Waals surface area contributed by atoms with Gasteiger partial charge in [-0.2, -0.15) is 0 Å². The quantitative estimate of drug-likeness (QED) is 0.567. The van der Waals surface area contributed by atoms with E-state index in [-0.39, 0.29) is 0 Å². The first-order valence-electron chi connectivity index (χ1n) is 9.40. The highest BCUT2D eigenvalue weighted by atomic mass is 15.1. The van der Waals surface area contributed by atoms with Crippen molar-refractivity contribution in [3.8, 4) is 0 Å². The first kappa shape index (κ1) is 18.8. The molecular weight excluding hydrogens is 334 g/mol. The molecule has 3 aromatic rings. The molecule has 5 nitrogen and oxygen atoms in total. The molecule has 0 saturated carbocycles. The van der Waals surface area contributed by atoms with Crippen LogP contribution in [0.25, 0.3) is 0 Å². The van der Waals surface area contributed by atoms with Crippen molar-refractivity contribution in [2.24, 2.45) is 5.92 Å². The SMILES string of the molecule is CC(C)Cc1ccc(Nc2ncc(Nc3ccnc(C(C)C)c3)cn2)cc1. The zero-order chi connectivity index (χ0) is 19.2. The molecule has 1 aromatic carbocycles. The van der Waals surface area contributed by atoms with Gasteiger partial charge in [-0.05, 0) is 48.1 Å². The lowest BCUT2D eigenvalue weighted by atomic mass is 10.0. The van der Waals surface area contributed by atoms with E-state index in [9.17, 15) is 0 Å². The topological polar surface area (TPSA) is 62.7 Å². The van der Waals surface area contributed by atoms with Crippen LogP contribution in [0.5, 0.6) is 0 Å². The Morgan fingerprint density at radius 1 is 0.778 bits per heavy atom. The van der Waals surface area contributed by atoms with Gasteiger partial charge in [0.05, 0.1) is 18.1 Å². The van der Waals surface area contributed by atoms with Crippen molar-refractivity contribution in [1.29, 1.82) is 0 Å². The Labute approximate surface area is 161 Å². The van der Waals surface area contributed by atoms with E-state index in [1.54, 1.807) is 12.4 Å². The molecule has 140 valence electrons. The average molecular weight is 361 g/mol. The normalized spacial score (nSPS) is 11.0. The summed E-state index contributed by atoms with van der Waals surface area (Å²) < 4.78 is 0. The van der Waals surface area contributed by atoms with Gasteiger partial charge in [0.25, 0.3) is 0 Å². The molecule has 2 aromatic heterocycles. The van der Waals surface area contributed by atoms with Crippen LogP contribution in [0, 0.1) is 5.92 Å². The second-order valence-corrected chi connectivity index (χ2v) is 7.46. The third-order valence-electron chi connectivity index (χ3n) is 4.17. The Hall–Kier alpha value is -2.95. The first-order chi connectivity index (χ1) is 13.0. The van der Waals surface area contributed by atoms with Gasteiger partial charge in [0, 0.05) is 23.3 Å². The van der Waals surface area contributed by atoms with Crippen LogP contribution >= 0.6 is 0 Å². The van der Waals surface area contributed by atoms with Gasteiger partial charge in [0.15, 0.2) is 0 Å². The lowest BCUT2D eigenvalue weighted by Gasteiger charge is -2.10. The Kier molecular flexibility index (Phi) is 6.01. The van der Waals surface area contributed by atoms with E-state index in [0.717, 1.165) is 29.2 Å². The molecular formula is C22H27N5. The Morgan fingerprint density at radius 2 is 1.48 bits per heavy atom. The van der Waals surface area contributed by atoms with Crippen LogP contribution < -0.4 is 10.6 Å². The van der Waals surface area contributed by atoms with Crippen LogP contribution in [0.3, 0.4) is 0 Å². The fourth-order valence-corrected chi connectivity index (χ4v) is 2.79. The average Bonchev–Trinajstić information content (AvgIpc) is 2.65. The Morgan fingerprint density at radius 3 is 2.11 bits per heavy atom. The van der Waals surface area contributed by atoms with Gasteiger partial charge in [-0.3, -0.25) is 4.98 Å². The second kappa shape index (κ2) is 8.62. The lowest BCUT2D eigenvalue weighted by molar-refractivity contribution is 0.647. The van der Waals surface area contributed by atoms with Crippen molar-refractivity contribution < 1.29 is 0 Å². The molecule has 0 unspecified atom stereocenters. The summed E-state index contributed by atoms with van der Waals surface area (Å²) in [5.41, 5.74) is 5.21. The summed E-state index contributed by atoms with van der Waals surface area (Å²) >= 11 is 0. The molecule has 0 radical (unpaired) electrons. The highest BCUT2D eigenvalue weighted by Crippen LogP contribution is 2.20. The molecule has 0 amide bonds. The summed E-state index contributed by atoms with van der Waals surface area (Å²) in [6.45, 7) is 8.71. The van der Waals surface area contributed by atoms with Gasteiger partial charge in [-0.25, -0.2) is 9.97 Å². The summed E-state index contributed by atoms with van der Waals surface area (Å²) in [4.78, 5) is 13.2. The number of rotatable bonds is 7. The van der Waals surface area contributed by atoms with Crippen LogP contribution in [-0.4, -0.2) is 15.0 Å². The highest BCUT2D eigenvalue weighted by molar-refractivity contribution is 5.60. The minimum absolute atomic E-state index is 0.390. The maximum Gasteiger partial charge on any atom is 0.227 e. The first-order valence-corrected chi connectivity index (χ1v) is 9.40. The molecule has 5 heteroatoms. The molecule has 0 saturated heterocycles. The van der Waals surface area contributed by atoms with E-state index in [1.807, 2.05) is 12.3 Å². The minimum atomic E-state index is 0.390. The zero-order valence-electron chi connectivity index (χ0n) is 16.4. The molecule has 27 heavy (non-hydrogen) atoms. The Bertz CT molecular complexity index is 855. The smallest absolute Gasteiger partial charge is 0.227 e. The molecule has 0 bridgehead atoms. The fourth-order valence-electron chi connectivity index (χ4n) is 2.79. The predicted octanol–water partition coefficient (Wildman–Crippen LogP) is 5.68. The number of nitrogens with one attached hydrogen (secondary N) is 2. The third-order valence-corrected chi connectivity index (χ3v) is 4.17. The number of aromatic nitrogens is 3. The van der Waals surface area contributed by atoms with Gasteiger partial charge in [0.1, 0.15) is 0 Å². The molecule has 2 N–H and O–H groups in total. The van der Waals surface area contributed by atoms with Gasteiger partial charge in [-0.15, -0.1) is 0 Å². The van der Waals surface area contributed by atoms with Gasteiger partial charge in [-0.1, -0.05) is 39.8 Å². The number of nitrogens with zero attached hydrogens (tertiary/aromatic N) is 3. The van der Waals surface area contributed by atoms with E-state index in [4.69, 9.17) is 0 Å². The van der Waals surface area contributed by atoms with Gasteiger partial charge < -0.3 is 10.6 Å². The molecule has 0 aliphatic rings. The van der Waals surface area contributed by atoms with Crippen molar-refractivity contribution >= 4 is 23.0 Å². The third kappa shape index (κ3) is 5.51. The monoisotopic (exact) mass is 361 g/mol. The summed E-state index contributed by atoms with van der Waals surface area (Å²) in [7, 11) is 0. The fraction of sp³-hybridized carbons (Fsp3) is 0.318. The summed E-state index contributed by atoms with van der Waals surface area (Å²) in [6, 6.07) is 12.4. The molecule has 2 heterocycles. The van der Waals surface area contributed by atoms with E-state index < -0.39 is 0 Å². The van der Waals surface area contributed by atoms with Crippen molar-refractivity contribution in [3.63, 3.8) is 0 Å². The molecule has 0 aliphatic heterocycles. The van der Waals surface area contributed by atoms with E-state index in [1.165, 1.54) is 5.56 Å². The van der Waals surface area contributed by atoms with Crippen LogP contribution in [0.1, 0.15) is 44.9 Å². The van der Waals surface area contributed by atoms with E-state index in [2.05, 4.69) is 83.6 Å². The van der Waals surface area contributed by atoms with Crippen LogP contribution in [0.2, 0.25) is 0 Å². The summed E-state index contributed by atoms with van der Waals surface area (Å²) in [5, 5.41) is 6.56. The molecule has 0 aliphatic carbocycles. The van der Waals surface area contributed by atoms with Crippen LogP contribution in [0.4, 0.5) is 23.0 Å². The second-order valence-electron chi connectivity index (χ2n) is 7.46. The van der Waals surface area contributed by atoms with Crippen LogP contribution in [0.15, 0.2) is 55.0 Å². The van der Waals surface area contributed by atoms with Crippen molar-refractivity contribution in [1.82, 2.24) is 15.0 Å². The van der Waals surface area contributed by atoms with Gasteiger partial charge >= 0.3 is 0 Å². The highest BCUT2D eigenvalue weighted by Gasteiger charge is 2.04. The predicted molar refractivity (Wildman–Crippen MR) is 112 cm³/mol. The van der Waals surface area contributed by atoms with Crippen molar-refractivity contribution in [2.75, 3.05) is 10.6 Å². The standard InChI is InChI=1S/C22H27N5/c1-15(2)11-17-5-7-18(8-6-17)27-22-24-13-20(14-25-22)26-19-9-10-23-21(12-19)16(3)4/h5-10,12-16H,11H2,1-4H3,(H,23,26)(H,24,25,27). The number of hydrogen-bond donors (Lipinski definition) is 2. The number of hydrogen-bond acceptors (Lipinski definition) is 5. The van der Waals surface area contributed by atoms with Gasteiger partial charge in [0.2, 0.25) is 5.95 Å². The Balaban J connectivity index is 1.62. The summed E-state index contributed by atoms with van der Waals surface area (Å²) in [5.74, 6) is 1.63. The minimum Gasteiger partial charge on any atom is -0.353 e. The largest absolute Gasteiger partial charge is 0.353 e. The van der Waals surface area contributed by atoms with E-state index in [0.29, 0.717) is 17.8 Å². The van der Waals surface area contributed by atoms with Crippen molar-refractivity contribution in [3.05, 3.63) is 66.2 Å². The maximum atomic E-state index is 4.40. The maximum absolute atomic E-state index is 4.40. The molecule has 3 rings (SSSR count). The van der Waals surface area contributed by atoms with E-state index >= 15 is 0 Å². The molecule has 0 fully saturated rings. The summed E-state index contributed by atoms with van der Waals surface area (Å²) in [6.07, 6.45) is 6.46. The number of pyridine rings is 1. The zero-order valence-corrected chi connectivity index (χ0v) is 16.4. The molecule has 0 spiro atoms. The molecule has 0 atom stereocenters. The number of benzene rings is 1. The van der Waals surface area contributed by atoms with Crippen molar-refractivity contribution in [2.45, 2.75) is 40.0 Å².